The van der Waals surface area contributed by atoms with E-state index in [4.69, 9.17) is 0 Å². The lowest BCUT2D eigenvalue weighted by Crippen LogP contribution is -2.33. The maximum atomic E-state index is 4.41. The molecule has 126 valence electrons. The second-order valence-electron chi connectivity index (χ2n) is 8.59. The first-order valence-corrected chi connectivity index (χ1v) is 8.95. The lowest BCUT2D eigenvalue weighted by Gasteiger charge is -2.42. The van der Waals surface area contributed by atoms with E-state index in [1.165, 1.54) is 40.7 Å². The molecular weight excluding hydrogens is 290 g/mol. The molecule has 1 aliphatic carbocycles. The number of nitrogens with zero attached hydrogens (tertiary/aromatic N) is 1. The molecule has 0 atom stereocenters. The minimum atomic E-state index is 0.258. The van der Waals surface area contributed by atoms with Crippen LogP contribution in [0.2, 0.25) is 0 Å². The Hall–Kier alpha value is -1.89. The van der Waals surface area contributed by atoms with E-state index in [2.05, 4.69) is 76.0 Å². The molecule has 0 unspecified atom stereocenters. The Kier molecular flexibility index (Phi) is 4.15. The lowest BCUT2D eigenvalue weighted by molar-refractivity contribution is 0.332. The normalized spacial score (nSPS) is 19.0. The molecule has 0 amide bonds. The van der Waals surface area contributed by atoms with Crippen molar-refractivity contribution in [3.8, 4) is 0 Å². The van der Waals surface area contributed by atoms with Crippen molar-refractivity contribution in [1.29, 1.82) is 0 Å². The van der Waals surface area contributed by atoms with Crippen LogP contribution in [0.3, 0.4) is 0 Å². The van der Waals surface area contributed by atoms with Gasteiger partial charge in [-0.25, -0.2) is 0 Å². The van der Waals surface area contributed by atoms with E-state index in [0.29, 0.717) is 0 Å². The second-order valence-corrected chi connectivity index (χ2v) is 8.59. The maximum Gasteiger partial charge on any atom is 0.0373 e. The van der Waals surface area contributed by atoms with Gasteiger partial charge in [0.2, 0.25) is 0 Å². The average Bonchev–Trinajstić information content (AvgIpc) is 2.52. The van der Waals surface area contributed by atoms with Crippen molar-refractivity contribution in [3.05, 3.63) is 64.5 Å². The van der Waals surface area contributed by atoms with Crippen molar-refractivity contribution >= 4 is 11.6 Å². The van der Waals surface area contributed by atoms with E-state index >= 15 is 0 Å². The van der Waals surface area contributed by atoms with Gasteiger partial charge in [-0.1, -0.05) is 58.0 Å². The van der Waals surface area contributed by atoms with Gasteiger partial charge in [0.05, 0.1) is 0 Å². The first-order chi connectivity index (χ1) is 11.2. The van der Waals surface area contributed by atoms with Gasteiger partial charge in [-0.15, -0.1) is 0 Å². The summed E-state index contributed by atoms with van der Waals surface area (Å²) in [5.41, 5.74) is 8.37. The predicted octanol–water partition coefficient (Wildman–Crippen LogP) is 6.30. The van der Waals surface area contributed by atoms with Gasteiger partial charge in [0.25, 0.3) is 0 Å². The molecule has 2 aromatic rings. The molecule has 1 heteroatoms. The van der Waals surface area contributed by atoms with Crippen molar-refractivity contribution in [2.24, 2.45) is 0 Å². The summed E-state index contributed by atoms with van der Waals surface area (Å²) in [5.74, 6) is 0. The van der Waals surface area contributed by atoms with Crippen LogP contribution in [-0.2, 0) is 10.8 Å². The minimum Gasteiger partial charge on any atom is -0.261 e. The monoisotopic (exact) mass is 319 g/mol. The summed E-state index contributed by atoms with van der Waals surface area (Å²) in [7, 11) is 0. The number of aromatic nitrogens is 1. The van der Waals surface area contributed by atoms with Crippen molar-refractivity contribution in [3.63, 3.8) is 0 Å². The predicted molar refractivity (Wildman–Crippen MR) is 104 cm³/mol. The summed E-state index contributed by atoms with van der Waals surface area (Å²) < 4.78 is 0. The summed E-state index contributed by atoms with van der Waals surface area (Å²) in [6, 6.07) is 11.3. The molecule has 0 aliphatic heterocycles. The van der Waals surface area contributed by atoms with Crippen LogP contribution in [0.5, 0.6) is 0 Å². The number of allylic oxidation sites excluding steroid dienone is 1. The first-order valence-electron chi connectivity index (χ1n) is 8.95. The van der Waals surface area contributed by atoms with E-state index in [1.54, 1.807) is 0 Å². The fourth-order valence-electron chi connectivity index (χ4n) is 3.73. The van der Waals surface area contributed by atoms with Crippen LogP contribution >= 0.6 is 0 Å². The first kappa shape index (κ1) is 17.0. The van der Waals surface area contributed by atoms with Gasteiger partial charge < -0.3 is 0 Å². The van der Waals surface area contributed by atoms with Gasteiger partial charge in [-0.2, -0.15) is 0 Å². The van der Waals surface area contributed by atoms with E-state index < -0.39 is 0 Å². The van der Waals surface area contributed by atoms with Crippen molar-refractivity contribution in [2.45, 2.75) is 65.2 Å². The highest BCUT2D eigenvalue weighted by Crippen LogP contribution is 2.46. The summed E-state index contributed by atoms with van der Waals surface area (Å²) in [4.78, 5) is 4.41. The molecule has 1 nitrogen and oxygen atoms in total. The molecule has 0 saturated carbocycles. The van der Waals surface area contributed by atoms with Crippen LogP contribution in [0.25, 0.3) is 11.6 Å². The fraction of sp³-hybridized carbons (Fsp3) is 0.435. The molecule has 0 fully saturated rings. The van der Waals surface area contributed by atoms with E-state index in [0.717, 1.165) is 5.69 Å². The largest absolute Gasteiger partial charge is 0.261 e. The van der Waals surface area contributed by atoms with Crippen LogP contribution < -0.4 is 0 Å². The molecule has 1 heterocycles. The fourth-order valence-corrected chi connectivity index (χ4v) is 3.73. The van der Waals surface area contributed by atoms with Crippen LogP contribution in [0, 0.1) is 6.92 Å². The molecule has 0 bridgehead atoms. The quantitative estimate of drug-likeness (QED) is 0.633. The Labute approximate surface area is 146 Å². The van der Waals surface area contributed by atoms with Gasteiger partial charge in [-0.3, -0.25) is 4.98 Å². The summed E-state index contributed by atoms with van der Waals surface area (Å²) in [6.45, 7) is 13.7. The van der Waals surface area contributed by atoms with Crippen molar-refractivity contribution in [1.82, 2.24) is 4.98 Å². The number of rotatable bonds is 2. The molecule has 0 N–H and O–H groups in total. The van der Waals surface area contributed by atoms with E-state index in [9.17, 15) is 0 Å². The third-order valence-electron chi connectivity index (χ3n) is 5.63. The van der Waals surface area contributed by atoms with Crippen LogP contribution in [-0.4, -0.2) is 4.98 Å². The van der Waals surface area contributed by atoms with Crippen molar-refractivity contribution in [2.75, 3.05) is 0 Å². The molecule has 24 heavy (non-hydrogen) atoms. The Morgan fingerprint density at radius 3 is 2.25 bits per heavy atom. The summed E-state index contributed by atoms with van der Waals surface area (Å²) in [5, 5.41) is 0. The number of hydrogen-bond acceptors (Lipinski definition) is 1. The van der Waals surface area contributed by atoms with E-state index in [1.807, 2.05) is 13.1 Å². The number of fused-ring (bicyclic) bond motifs is 1. The molecular formula is C23H29N. The molecule has 1 aromatic heterocycles. The SMILES string of the molecule is C/C(=C/c1ccc2c(c1)C(C)(C)CCC2(C)C)c1ccc(C)nc1. The molecule has 3 rings (SSSR count). The Morgan fingerprint density at radius 2 is 1.62 bits per heavy atom. The van der Waals surface area contributed by atoms with Crippen LogP contribution in [0.1, 0.15) is 75.4 Å². The topological polar surface area (TPSA) is 12.9 Å². The molecule has 0 radical (unpaired) electrons. The highest BCUT2D eigenvalue weighted by atomic mass is 14.7. The van der Waals surface area contributed by atoms with Gasteiger partial charge in [0.1, 0.15) is 0 Å². The maximum absolute atomic E-state index is 4.41. The Morgan fingerprint density at radius 1 is 0.958 bits per heavy atom. The van der Waals surface area contributed by atoms with Crippen molar-refractivity contribution < 1.29 is 0 Å². The van der Waals surface area contributed by atoms with E-state index in [-0.39, 0.29) is 10.8 Å². The second kappa shape index (κ2) is 5.88. The van der Waals surface area contributed by atoms with Gasteiger partial charge in [0.15, 0.2) is 0 Å². The highest BCUT2D eigenvalue weighted by molar-refractivity contribution is 5.80. The molecule has 0 saturated heterocycles. The lowest BCUT2D eigenvalue weighted by atomic mass is 9.63. The Bertz CT molecular complexity index is 776. The molecule has 1 aliphatic rings. The van der Waals surface area contributed by atoms with Crippen LogP contribution in [0.15, 0.2) is 36.5 Å². The zero-order valence-corrected chi connectivity index (χ0v) is 15.9. The third kappa shape index (κ3) is 3.17. The zero-order valence-electron chi connectivity index (χ0n) is 15.9. The van der Waals surface area contributed by atoms with Gasteiger partial charge in [0, 0.05) is 11.9 Å². The molecule has 0 spiro atoms. The summed E-state index contributed by atoms with van der Waals surface area (Å²) >= 11 is 0. The van der Waals surface area contributed by atoms with Gasteiger partial charge in [-0.05, 0) is 71.4 Å². The Balaban J connectivity index is 2.02. The van der Waals surface area contributed by atoms with Crippen LogP contribution in [0.4, 0.5) is 0 Å². The average molecular weight is 319 g/mol. The standard InChI is InChI=1S/C23H29N/c1-16(19-9-7-17(2)24-15-19)13-18-8-10-20-21(14-18)23(5,6)12-11-22(20,3)4/h7-10,13-15H,11-12H2,1-6H3/b16-13-. The highest BCUT2D eigenvalue weighted by Gasteiger charge is 2.36. The third-order valence-corrected chi connectivity index (χ3v) is 5.63. The van der Waals surface area contributed by atoms with Gasteiger partial charge >= 0.3 is 0 Å². The molecule has 1 aromatic carbocycles. The minimum absolute atomic E-state index is 0.258. The summed E-state index contributed by atoms with van der Waals surface area (Å²) in [6.07, 6.45) is 6.76. The number of pyridine rings is 1. The number of aryl methyl sites for hydroxylation is 1. The zero-order chi connectivity index (χ0) is 17.5. The number of hydrogen-bond donors (Lipinski definition) is 0. The number of benzene rings is 1. The smallest absolute Gasteiger partial charge is 0.0373 e.